The monoisotopic (exact) mass is 388 g/mol. The molecule has 1 atom stereocenters. The number of likely N-dealkylation sites (tertiary alicyclic amines) is 1. The van der Waals surface area contributed by atoms with E-state index >= 15 is 0 Å². The van der Waals surface area contributed by atoms with Gasteiger partial charge in [-0.2, -0.15) is 0 Å². The lowest BCUT2D eigenvalue weighted by Crippen LogP contribution is -2.38. The van der Waals surface area contributed by atoms with Crippen molar-refractivity contribution in [2.45, 2.75) is 51.9 Å². The molecule has 1 aromatic carbocycles. The molecule has 2 N–H and O–H groups in total. The van der Waals surface area contributed by atoms with Crippen LogP contribution in [0.1, 0.15) is 62.2 Å². The van der Waals surface area contributed by atoms with Crippen LogP contribution in [0.3, 0.4) is 0 Å². The Morgan fingerprint density at radius 3 is 2.25 bits per heavy atom. The summed E-state index contributed by atoms with van der Waals surface area (Å²) in [5, 5.41) is 0. The number of benzene rings is 1. The number of hydrogen-bond donors (Lipinski definition) is 1. The van der Waals surface area contributed by atoms with Crippen LogP contribution < -0.4 is 5.73 Å². The maximum atomic E-state index is 13.0. The van der Waals surface area contributed by atoms with Crippen LogP contribution >= 0.6 is 0 Å². The van der Waals surface area contributed by atoms with E-state index in [0.29, 0.717) is 11.5 Å². The van der Waals surface area contributed by atoms with Crippen molar-refractivity contribution in [2.24, 2.45) is 29.4 Å². The van der Waals surface area contributed by atoms with Gasteiger partial charge in [-0.3, -0.25) is 9.59 Å². The highest BCUT2D eigenvalue weighted by Gasteiger charge is 2.29. The highest BCUT2D eigenvalue weighted by Crippen LogP contribution is 2.35. The van der Waals surface area contributed by atoms with Crippen molar-refractivity contribution in [3.63, 3.8) is 0 Å². The predicted molar refractivity (Wildman–Crippen MR) is 108 cm³/mol. The fraction of sp³-hybridized carbons (Fsp3) is 0.652. The van der Waals surface area contributed by atoms with E-state index in [9.17, 15) is 14.0 Å². The molecule has 1 saturated carbocycles. The van der Waals surface area contributed by atoms with Crippen LogP contribution in [0.4, 0.5) is 4.39 Å². The van der Waals surface area contributed by atoms with E-state index in [1.165, 1.54) is 31.4 Å². The Morgan fingerprint density at radius 2 is 1.68 bits per heavy atom. The lowest BCUT2D eigenvalue weighted by molar-refractivity contribution is -0.123. The molecule has 0 radical (unpaired) electrons. The first-order valence-corrected chi connectivity index (χ1v) is 10.8. The summed E-state index contributed by atoms with van der Waals surface area (Å²) in [7, 11) is 0. The molecule has 4 nitrogen and oxygen atoms in total. The average molecular weight is 389 g/mol. The summed E-state index contributed by atoms with van der Waals surface area (Å²) in [6, 6.07) is 5.92. The van der Waals surface area contributed by atoms with Crippen molar-refractivity contribution in [1.82, 2.24) is 4.90 Å². The molecule has 0 bridgehead atoms. The van der Waals surface area contributed by atoms with Crippen molar-refractivity contribution in [3.05, 3.63) is 35.6 Å². The van der Waals surface area contributed by atoms with E-state index in [0.717, 1.165) is 51.2 Å². The van der Waals surface area contributed by atoms with Crippen LogP contribution in [-0.2, 0) is 4.79 Å². The molecular formula is C23H33FN2O2. The van der Waals surface area contributed by atoms with Gasteiger partial charge in [-0.25, -0.2) is 4.39 Å². The van der Waals surface area contributed by atoms with Crippen molar-refractivity contribution in [2.75, 3.05) is 19.6 Å². The first-order chi connectivity index (χ1) is 13.4. The molecule has 2 fully saturated rings. The molecule has 3 rings (SSSR count). The van der Waals surface area contributed by atoms with Gasteiger partial charge in [0.25, 0.3) is 0 Å². The third-order valence-electron chi connectivity index (χ3n) is 6.99. The van der Waals surface area contributed by atoms with Gasteiger partial charge < -0.3 is 10.6 Å². The molecule has 1 aromatic rings. The third kappa shape index (κ3) is 5.40. The first kappa shape index (κ1) is 21.0. The number of ketones is 1. The lowest BCUT2D eigenvalue weighted by Gasteiger charge is -2.34. The zero-order chi connectivity index (χ0) is 20.1. The zero-order valence-electron chi connectivity index (χ0n) is 16.9. The lowest BCUT2D eigenvalue weighted by atomic mass is 9.75. The summed E-state index contributed by atoms with van der Waals surface area (Å²) in [6.07, 6.45) is 7.60. The fourth-order valence-electron chi connectivity index (χ4n) is 4.84. The van der Waals surface area contributed by atoms with Crippen molar-refractivity contribution >= 4 is 11.7 Å². The Morgan fingerprint density at radius 1 is 1.07 bits per heavy atom. The van der Waals surface area contributed by atoms with Crippen molar-refractivity contribution < 1.29 is 14.0 Å². The highest BCUT2D eigenvalue weighted by molar-refractivity contribution is 5.97. The smallest absolute Gasteiger partial charge is 0.220 e. The van der Waals surface area contributed by atoms with E-state index in [-0.39, 0.29) is 29.3 Å². The predicted octanol–water partition coefficient (Wildman–Crippen LogP) is 4.04. The van der Waals surface area contributed by atoms with Crippen LogP contribution in [0.5, 0.6) is 0 Å². The minimum atomic E-state index is -0.301. The Labute approximate surface area is 167 Å². The van der Waals surface area contributed by atoms with Crippen LogP contribution in [0, 0.1) is 29.5 Å². The highest BCUT2D eigenvalue weighted by atomic mass is 19.1. The Bertz CT molecular complexity index is 660. The van der Waals surface area contributed by atoms with Gasteiger partial charge in [-0.1, -0.05) is 19.8 Å². The second-order valence-electron chi connectivity index (χ2n) is 8.75. The number of carbonyl (C=O) groups excluding carboxylic acids is 2. The van der Waals surface area contributed by atoms with Gasteiger partial charge in [0.05, 0.1) is 0 Å². The van der Waals surface area contributed by atoms with Gasteiger partial charge in [0, 0.05) is 17.4 Å². The number of nitrogens with zero attached hydrogens (tertiary/aromatic N) is 1. The number of carbonyl (C=O) groups is 2. The van der Waals surface area contributed by atoms with Crippen LogP contribution in [-0.4, -0.2) is 36.2 Å². The average Bonchev–Trinajstić information content (AvgIpc) is 2.72. The number of rotatable bonds is 7. The molecule has 1 aliphatic heterocycles. The molecule has 1 amide bonds. The number of hydrogen-bond acceptors (Lipinski definition) is 3. The molecule has 0 spiro atoms. The molecule has 28 heavy (non-hydrogen) atoms. The maximum Gasteiger partial charge on any atom is 0.220 e. The first-order valence-electron chi connectivity index (χ1n) is 10.8. The van der Waals surface area contributed by atoms with E-state index in [2.05, 4.69) is 4.90 Å². The number of halogens is 1. The van der Waals surface area contributed by atoms with Gasteiger partial charge in [0.15, 0.2) is 5.78 Å². The van der Waals surface area contributed by atoms with Crippen LogP contribution in [0.15, 0.2) is 24.3 Å². The Balaban J connectivity index is 1.36. The summed E-state index contributed by atoms with van der Waals surface area (Å²) in [6.45, 7) is 4.99. The number of primary amides is 1. The summed E-state index contributed by atoms with van der Waals surface area (Å²) in [4.78, 5) is 26.4. The molecule has 154 valence electrons. The normalized spacial score (nSPS) is 25.4. The summed E-state index contributed by atoms with van der Waals surface area (Å²) in [5.74, 6) is 0.954. The number of Topliss-reactive ketones (excluding diaryl/α,β-unsaturated/α-hetero) is 1. The Hall–Kier alpha value is -1.75. The van der Waals surface area contributed by atoms with Crippen LogP contribution in [0.2, 0.25) is 0 Å². The minimum Gasteiger partial charge on any atom is -0.369 e. The molecule has 5 heteroatoms. The quantitative estimate of drug-likeness (QED) is 0.717. The molecule has 2 aliphatic rings. The topological polar surface area (TPSA) is 63.4 Å². The minimum absolute atomic E-state index is 0.00128. The molecular weight excluding hydrogens is 355 g/mol. The SMILES string of the molecule is CC(C(N)=O)C1CCC(CCN2CCC(C(=O)c3ccc(F)cc3)CC2)CC1. The van der Waals surface area contributed by atoms with E-state index in [1.54, 1.807) is 12.1 Å². The zero-order valence-corrected chi connectivity index (χ0v) is 16.9. The molecule has 1 saturated heterocycles. The molecule has 1 unspecified atom stereocenters. The van der Waals surface area contributed by atoms with Crippen molar-refractivity contribution in [3.8, 4) is 0 Å². The van der Waals surface area contributed by atoms with Crippen LogP contribution in [0.25, 0.3) is 0 Å². The molecule has 1 heterocycles. The van der Waals surface area contributed by atoms with E-state index in [1.807, 2.05) is 6.92 Å². The van der Waals surface area contributed by atoms with Gasteiger partial charge in [0.2, 0.25) is 5.91 Å². The summed E-state index contributed by atoms with van der Waals surface area (Å²) >= 11 is 0. The van der Waals surface area contributed by atoms with E-state index < -0.39 is 0 Å². The number of piperidine rings is 1. The second-order valence-corrected chi connectivity index (χ2v) is 8.75. The molecule has 0 aromatic heterocycles. The maximum absolute atomic E-state index is 13.0. The summed E-state index contributed by atoms with van der Waals surface area (Å²) < 4.78 is 13.0. The molecule has 1 aliphatic carbocycles. The van der Waals surface area contributed by atoms with Gasteiger partial charge in [0.1, 0.15) is 5.82 Å². The van der Waals surface area contributed by atoms with E-state index in [4.69, 9.17) is 5.73 Å². The number of nitrogens with two attached hydrogens (primary N) is 1. The third-order valence-corrected chi connectivity index (χ3v) is 6.99. The van der Waals surface area contributed by atoms with Crippen molar-refractivity contribution in [1.29, 1.82) is 0 Å². The second kappa shape index (κ2) is 9.64. The largest absolute Gasteiger partial charge is 0.369 e. The summed E-state index contributed by atoms with van der Waals surface area (Å²) in [5.41, 5.74) is 6.07. The fourth-order valence-corrected chi connectivity index (χ4v) is 4.84. The Kier molecular flexibility index (Phi) is 7.22. The van der Waals surface area contributed by atoms with Gasteiger partial charge in [-0.05, 0) is 87.8 Å². The number of amides is 1. The standard InChI is InChI=1S/C23H33FN2O2/c1-16(23(25)28)18-4-2-17(3-5-18)10-13-26-14-11-20(12-15-26)22(27)19-6-8-21(24)9-7-19/h6-9,16-18,20H,2-5,10-15H2,1H3,(H2,25,28). The van der Waals surface area contributed by atoms with Gasteiger partial charge >= 0.3 is 0 Å². The van der Waals surface area contributed by atoms with Gasteiger partial charge in [-0.15, -0.1) is 0 Å².